The number of halogens is 1. The topological polar surface area (TPSA) is 67.4 Å². The summed E-state index contributed by atoms with van der Waals surface area (Å²) in [5, 5.41) is 5.45. The lowest BCUT2D eigenvalue weighted by Crippen LogP contribution is -2.36. The van der Waals surface area contributed by atoms with E-state index in [1.54, 1.807) is 7.11 Å². The summed E-state index contributed by atoms with van der Waals surface area (Å²) in [4.78, 5) is 23.7. The number of hydrogen-bond acceptors (Lipinski definition) is 3. The number of unbranched alkanes of at least 4 members (excludes halogenated alkanes) is 1. The highest BCUT2D eigenvalue weighted by Gasteiger charge is 2.06. The van der Waals surface area contributed by atoms with Crippen molar-refractivity contribution < 1.29 is 14.3 Å². The number of carbonyl (C=O) groups is 2. The molecule has 0 atom stereocenters. The van der Waals surface area contributed by atoms with Crippen LogP contribution in [0.2, 0.25) is 0 Å². The first kappa shape index (κ1) is 21.0. The van der Waals surface area contributed by atoms with E-state index in [1.165, 1.54) is 5.56 Å². The van der Waals surface area contributed by atoms with E-state index in [1.807, 2.05) is 36.4 Å². The molecule has 2 N–H and O–H groups in total. The zero-order chi connectivity index (χ0) is 19.5. The molecule has 0 aliphatic rings. The van der Waals surface area contributed by atoms with Crippen molar-refractivity contribution in [3.63, 3.8) is 0 Å². The highest BCUT2D eigenvalue weighted by Crippen LogP contribution is 2.13. The maximum Gasteiger partial charge on any atom is 0.239 e. The molecule has 0 unspecified atom stereocenters. The Bertz CT molecular complexity index is 730. The number of methoxy groups -OCH3 is 1. The molecule has 0 aromatic heterocycles. The van der Waals surface area contributed by atoms with Gasteiger partial charge in [0.2, 0.25) is 11.8 Å². The Kier molecular flexibility index (Phi) is 8.84. The van der Waals surface area contributed by atoms with Crippen LogP contribution in [0.4, 0.5) is 0 Å². The summed E-state index contributed by atoms with van der Waals surface area (Å²) >= 11 is 3.41. The molecule has 0 saturated carbocycles. The van der Waals surface area contributed by atoms with Crippen molar-refractivity contribution in [1.29, 1.82) is 0 Å². The maximum absolute atomic E-state index is 11.8. The summed E-state index contributed by atoms with van der Waals surface area (Å²) in [6.45, 7) is 0.424. The van der Waals surface area contributed by atoms with Gasteiger partial charge in [-0.05, 0) is 54.7 Å². The summed E-state index contributed by atoms with van der Waals surface area (Å²) < 4.78 is 6.16. The Hall–Kier alpha value is -2.34. The molecule has 0 saturated heterocycles. The first-order valence-corrected chi connectivity index (χ1v) is 9.77. The van der Waals surface area contributed by atoms with Gasteiger partial charge in [0.15, 0.2) is 0 Å². The van der Waals surface area contributed by atoms with Gasteiger partial charge in [-0.2, -0.15) is 0 Å². The molecule has 0 spiro atoms. The zero-order valence-electron chi connectivity index (χ0n) is 15.5. The molecule has 6 heteroatoms. The van der Waals surface area contributed by atoms with E-state index < -0.39 is 0 Å². The molecule has 2 amide bonds. The number of rotatable bonds is 10. The van der Waals surface area contributed by atoms with Crippen LogP contribution in [0, 0.1) is 0 Å². The molecule has 0 heterocycles. The summed E-state index contributed by atoms with van der Waals surface area (Å²) in [5.41, 5.74) is 2.24. The predicted molar refractivity (Wildman–Crippen MR) is 110 cm³/mol. The number of benzene rings is 2. The van der Waals surface area contributed by atoms with Gasteiger partial charge in [-0.15, -0.1) is 0 Å². The van der Waals surface area contributed by atoms with Crippen LogP contribution in [0.1, 0.15) is 30.4 Å². The van der Waals surface area contributed by atoms with E-state index in [0.717, 1.165) is 35.0 Å². The molecular weight excluding hydrogens is 408 g/mol. The van der Waals surface area contributed by atoms with Crippen molar-refractivity contribution in [1.82, 2.24) is 10.6 Å². The molecule has 2 aromatic rings. The van der Waals surface area contributed by atoms with Crippen LogP contribution in [-0.2, 0) is 22.6 Å². The molecule has 2 rings (SSSR count). The highest BCUT2D eigenvalue weighted by molar-refractivity contribution is 9.10. The van der Waals surface area contributed by atoms with E-state index in [9.17, 15) is 9.59 Å². The SMILES string of the molecule is COc1ccc(CNC(=O)CNC(=O)CCCCc2ccc(Br)cc2)cc1. The van der Waals surface area contributed by atoms with Crippen molar-refractivity contribution in [3.8, 4) is 5.75 Å². The number of aryl methyl sites for hydroxylation is 1. The van der Waals surface area contributed by atoms with Crippen molar-refractivity contribution in [2.45, 2.75) is 32.2 Å². The Balaban J connectivity index is 1.56. The smallest absolute Gasteiger partial charge is 0.239 e. The highest BCUT2D eigenvalue weighted by atomic mass is 79.9. The monoisotopic (exact) mass is 432 g/mol. The van der Waals surface area contributed by atoms with Gasteiger partial charge in [0.1, 0.15) is 5.75 Å². The Labute approximate surface area is 168 Å². The molecular formula is C21H25BrN2O3. The van der Waals surface area contributed by atoms with E-state index in [2.05, 4.69) is 38.7 Å². The quantitative estimate of drug-likeness (QED) is 0.563. The molecule has 0 radical (unpaired) electrons. The molecule has 5 nitrogen and oxygen atoms in total. The third kappa shape index (κ3) is 8.26. The minimum atomic E-state index is -0.200. The van der Waals surface area contributed by atoms with Crippen molar-refractivity contribution >= 4 is 27.7 Å². The third-order valence-electron chi connectivity index (χ3n) is 4.13. The van der Waals surface area contributed by atoms with Crippen LogP contribution in [0.5, 0.6) is 5.75 Å². The number of ether oxygens (including phenoxy) is 1. The predicted octanol–water partition coefficient (Wildman–Crippen LogP) is 3.60. The lowest BCUT2D eigenvalue weighted by Gasteiger charge is -2.08. The summed E-state index contributed by atoms with van der Waals surface area (Å²) in [6, 6.07) is 15.7. The lowest BCUT2D eigenvalue weighted by atomic mass is 10.1. The summed E-state index contributed by atoms with van der Waals surface area (Å²) in [7, 11) is 1.61. The second-order valence-corrected chi connectivity index (χ2v) is 7.15. The van der Waals surface area contributed by atoms with Crippen LogP contribution < -0.4 is 15.4 Å². The molecule has 0 aliphatic heterocycles. The van der Waals surface area contributed by atoms with Crippen LogP contribution in [0.15, 0.2) is 53.0 Å². The number of nitrogens with one attached hydrogen (secondary N) is 2. The average Bonchev–Trinajstić information content (AvgIpc) is 2.69. The molecule has 0 fully saturated rings. The Morgan fingerprint density at radius 2 is 1.56 bits per heavy atom. The normalized spacial score (nSPS) is 10.3. The second-order valence-electron chi connectivity index (χ2n) is 6.24. The second kappa shape index (κ2) is 11.4. The molecule has 2 aromatic carbocycles. The van der Waals surface area contributed by atoms with Crippen molar-refractivity contribution in [2.24, 2.45) is 0 Å². The maximum atomic E-state index is 11.8. The molecule has 0 aliphatic carbocycles. The van der Waals surface area contributed by atoms with Gasteiger partial charge in [-0.25, -0.2) is 0 Å². The Morgan fingerprint density at radius 3 is 2.22 bits per heavy atom. The average molecular weight is 433 g/mol. The van der Waals surface area contributed by atoms with Crippen molar-refractivity contribution in [3.05, 3.63) is 64.1 Å². The van der Waals surface area contributed by atoms with Crippen LogP contribution in [-0.4, -0.2) is 25.5 Å². The third-order valence-corrected chi connectivity index (χ3v) is 4.66. The van der Waals surface area contributed by atoms with E-state index >= 15 is 0 Å². The van der Waals surface area contributed by atoms with Gasteiger partial charge >= 0.3 is 0 Å². The summed E-state index contributed by atoms with van der Waals surface area (Å²) in [6.07, 6.45) is 3.12. The number of hydrogen-bond donors (Lipinski definition) is 2. The fraction of sp³-hybridized carbons (Fsp3) is 0.333. The van der Waals surface area contributed by atoms with Gasteiger partial charge in [-0.3, -0.25) is 9.59 Å². The minimum Gasteiger partial charge on any atom is -0.497 e. The number of amides is 2. The van der Waals surface area contributed by atoms with E-state index in [-0.39, 0.29) is 18.4 Å². The first-order valence-electron chi connectivity index (χ1n) is 8.97. The first-order chi connectivity index (χ1) is 13.1. The lowest BCUT2D eigenvalue weighted by molar-refractivity contribution is -0.126. The minimum absolute atomic E-state index is 0.00169. The fourth-order valence-corrected chi connectivity index (χ4v) is 2.80. The van der Waals surface area contributed by atoms with Gasteiger partial charge in [0.25, 0.3) is 0 Å². The standard InChI is InChI=1S/C21H25BrN2O3/c1-27-19-12-8-17(9-13-19)14-23-21(26)15-24-20(25)5-3-2-4-16-6-10-18(22)11-7-16/h6-13H,2-5,14-15H2,1H3,(H,23,26)(H,24,25). The molecule has 144 valence electrons. The summed E-state index contributed by atoms with van der Waals surface area (Å²) in [5.74, 6) is 0.483. The fourth-order valence-electron chi connectivity index (χ4n) is 2.54. The molecule has 0 bridgehead atoms. The number of carbonyl (C=O) groups excluding carboxylic acids is 2. The Morgan fingerprint density at radius 1 is 0.889 bits per heavy atom. The molecule has 27 heavy (non-hydrogen) atoms. The van der Waals surface area contributed by atoms with Crippen LogP contribution in [0.3, 0.4) is 0 Å². The zero-order valence-corrected chi connectivity index (χ0v) is 17.1. The van der Waals surface area contributed by atoms with Crippen LogP contribution in [0.25, 0.3) is 0 Å². The largest absolute Gasteiger partial charge is 0.497 e. The van der Waals surface area contributed by atoms with Gasteiger partial charge in [0.05, 0.1) is 13.7 Å². The van der Waals surface area contributed by atoms with E-state index in [0.29, 0.717) is 13.0 Å². The van der Waals surface area contributed by atoms with Crippen molar-refractivity contribution in [2.75, 3.05) is 13.7 Å². The van der Waals surface area contributed by atoms with Gasteiger partial charge < -0.3 is 15.4 Å². The van der Waals surface area contributed by atoms with Gasteiger partial charge in [0, 0.05) is 17.4 Å². The van der Waals surface area contributed by atoms with Crippen LogP contribution >= 0.6 is 15.9 Å². The van der Waals surface area contributed by atoms with E-state index in [4.69, 9.17) is 4.74 Å². The van der Waals surface area contributed by atoms with Gasteiger partial charge in [-0.1, -0.05) is 40.2 Å².